The SMILES string of the molecule is CCCNC(C)CCCCS(=O)c1ccc(OC)cc1. The summed E-state index contributed by atoms with van der Waals surface area (Å²) in [6.45, 7) is 5.48. The fraction of sp³-hybridized carbons (Fsp3) is 0.625. The Bertz CT molecular complexity index is 392. The molecule has 0 saturated heterocycles. The van der Waals surface area contributed by atoms with Gasteiger partial charge in [0, 0.05) is 16.7 Å². The molecule has 0 heterocycles. The van der Waals surface area contributed by atoms with E-state index in [0.29, 0.717) is 6.04 Å². The van der Waals surface area contributed by atoms with E-state index in [4.69, 9.17) is 4.74 Å². The van der Waals surface area contributed by atoms with E-state index in [1.165, 1.54) is 6.42 Å². The van der Waals surface area contributed by atoms with Crippen molar-refractivity contribution in [3.8, 4) is 5.75 Å². The fourth-order valence-corrected chi connectivity index (χ4v) is 3.16. The van der Waals surface area contributed by atoms with Gasteiger partial charge < -0.3 is 10.1 Å². The fourth-order valence-electron chi connectivity index (χ4n) is 2.02. The maximum atomic E-state index is 12.1. The molecule has 0 aliphatic rings. The summed E-state index contributed by atoms with van der Waals surface area (Å²) in [6, 6.07) is 8.07. The molecule has 1 aromatic rings. The van der Waals surface area contributed by atoms with Crippen molar-refractivity contribution in [3.63, 3.8) is 0 Å². The second-order valence-corrected chi connectivity index (χ2v) is 6.65. The number of ether oxygens (including phenoxy) is 1. The van der Waals surface area contributed by atoms with Crippen LogP contribution in [0.1, 0.15) is 39.5 Å². The average molecular weight is 297 g/mol. The Morgan fingerprint density at radius 2 is 1.95 bits per heavy atom. The molecule has 0 aliphatic heterocycles. The van der Waals surface area contributed by atoms with Gasteiger partial charge >= 0.3 is 0 Å². The Morgan fingerprint density at radius 3 is 2.55 bits per heavy atom. The topological polar surface area (TPSA) is 38.3 Å². The van der Waals surface area contributed by atoms with Gasteiger partial charge in [-0.25, -0.2) is 0 Å². The predicted octanol–water partition coefficient (Wildman–Crippen LogP) is 3.36. The van der Waals surface area contributed by atoms with Gasteiger partial charge in [-0.2, -0.15) is 0 Å². The molecule has 3 nitrogen and oxygen atoms in total. The third-order valence-corrected chi connectivity index (χ3v) is 4.74. The van der Waals surface area contributed by atoms with E-state index in [1.807, 2.05) is 24.3 Å². The number of methoxy groups -OCH3 is 1. The van der Waals surface area contributed by atoms with E-state index in [2.05, 4.69) is 19.2 Å². The standard InChI is InChI=1S/C16H27NO2S/c1-4-12-17-14(2)7-5-6-13-20(18)16-10-8-15(19-3)9-11-16/h8-11,14,17H,4-7,12-13H2,1-3H3. The molecule has 1 aromatic carbocycles. The molecular formula is C16H27NO2S. The van der Waals surface area contributed by atoms with Gasteiger partial charge in [-0.05, 0) is 57.0 Å². The smallest absolute Gasteiger partial charge is 0.118 e. The molecule has 114 valence electrons. The molecule has 0 amide bonds. The van der Waals surface area contributed by atoms with E-state index in [0.717, 1.165) is 42.2 Å². The summed E-state index contributed by atoms with van der Waals surface area (Å²) >= 11 is 0. The van der Waals surface area contributed by atoms with E-state index in [9.17, 15) is 4.21 Å². The molecular weight excluding hydrogens is 270 g/mol. The Morgan fingerprint density at radius 1 is 1.25 bits per heavy atom. The van der Waals surface area contributed by atoms with Crippen molar-refractivity contribution in [3.05, 3.63) is 24.3 Å². The van der Waals surface area contributed by atoms with Crippen LogP contribution in [-0.4, -0.2) is 29.7 Å². The van der Waals surface area contributed by atoms with Crippen molar-refractivity contribution in [2.45, 2.75) is 50.5 Å². The lowest BCUT2D eigenvalue weighted by Gasteiger charge is -2.12. The molecule has 0 aromatic heterocycles. The third-order valence-electron chi connectivity index (χ3n) is 3.28. The number of rotatable bonds is 10. The van der Waals surface area contributed by atoms with Gasteiger partial charge in [0.1, 0.15) is 5.75 Å². The van der Waals surface area contributed by atoms with Crippen LogP contribution in [0.15, 0.2) is 29.2 Å². The van der Waals surface area contributed by atoms with E-state index < -0.39 is 10.8 Å². The molecule has 1 N–H and O–H groups in total. The molecule has 0 saturated carbocycles. The van der Waals surface area contributed by atoms with Crippen LogP contribution in [-0.2, 0) is 10.8 Å². The minimum Gasteiger partial charge on any atom is -0.497 e. The molecule has 0 aliphatic carbocycles. The van der Waals surface area contributed by atoms with Crippen LogP contribution in [0.5, 0.6) is 5.75 Å². The number of benzene rings is 1. The highest BCUT2D eigenvalue weighted by molar-refractivity contribution is 7.85. The van der Waals surface area contributed by atoms with Crippen molar-refractivity contribution < 1.29 is 8.95 Å². The first kappa shape index (κ1) is 17.2. The molecule has 0 fully saturated rings. The van der Waals surface area contributed by atoms with Crippen LogP contribution in [0.3, 0.4) is 0 Å². The first-order valence-electron chi connectivity index (χ1n) is 7.43. The van der Waals surface area contributed by atoms with Crippen LogP contribution in [0.4, 0.5) is 0 Å². The number of unbranched alkanes of at least 4 members (excludes halogenated alkanes) is 1. The van der Waals surface area contributed by atoms with E-state index >= 15 is 0 Å². The zero-order chi connectivity index (χ0) is 14.8. The lowest BCUT2D eigenvalue weighted by Crippen LogP contribution is -2.26. The Kier molecular flexibility index (Phi) is 8.54. The number of nitrogens with one attached hydrogen (secondary N) is 1. The second-order valence-electron chi connectivity index (χ2n) is 5.08. The van der Waals surface area contributed by atoms with E-state index in [-0.39, 0.29) is 0 Å². The highest BCUT2D eigenvalue weighted by Gasteiger charge is 2.05. The number of hydrogen-bond acceptors (Lipinski definition) is 3. The van der Waals surface area contributed by atoms with Gasteiger partial charge in [0.2, 0.25) is 0 Å². The zero-order valence-corrected chi connectivity index (χ0v) is 13.7. The van der Waals surface area contributed by atoms with Crippen LogP contribution < -0.4 is 10.1 Å². The summed E-state index contributed by atoms with van der Waals surface area (Å²) in [6.07, 6.45) is 4.46. The average Bonchev–Trinajstić information content (AvgIpc) is 2.49. The summed E-state index contributed by atoms with van der Waals surface area (Å²) in [5.74, 6) is 1.55. The monoisotopic (exact) mass is 297 g/mol. The Labute approximate surface area is 125 Å². The van der Waals surface area contributed by atoms with Crippen LogP contribution in [0.25, 0.3) is 0 Å². The van der Waals surface area contributed by atoms with Gasteiger partial charge in [-0.1, -0.05) is 13.3 Å². The summed E-state index contributed by atoms with van der Waals surface area (Å²) in [5, 5.41) is 3.48. The van der Waals surface area contributed by atoms with Crippen molar-refractivity contribution >= 4 is 10.8 Å². The highest BCUT2D eigenvalue weighted by atomic mass is 32.2. The molecule has 0 radical (unpaired) electrons. The maximum Gasteiger partial charge on any atom is 0.118 e. The van der Waals surface area contributed by atoms with Gasteiger partial charge in [0.05, 0.1) is 17.9 Å². The molecule has 0 bridgehead atoms. The largest absolute Gasteiger partial charge is 0.497 e. The lowest BCUT2D eigenvalue weighted by atomic mass is 10.1. The van der Waals surface area contributed by atoms with Crippen molar-refractivity contribution in [2.75, 3.05) is 19.4 Å². The summed E-state index contributed by atoms with van der Waals surface area (Å²) in [4.78, 5) is 0.892. The van der Waals surface area contributed by atoms with Gasteiger partial charge in [-0.15, -0.1) is 0 Å². The maximum absolute atomic E-state index is 12.1. The van der Waals surface area contributed by atoms with Crippen molar-refractivity contribution in [2.24, 2.45) is 0 Å². The molecule has 4 heteroatoms. The highest BCUT2D eigenvalue weighted by Crippen LogP contribution is 2.15. The van der Waals surface area contributed by atoms with Crippen LogP contribution >= 0.6 is 0 Å². The van der Waals surface area contributed by atoms with Crippen LogP contribution in [0.2, 0.25) is 0 Å². The molecule has 0 spiro atoms. The van der Waals surface area contributed by atoms with Gasteiger partial charge in [0.25, 0.3) is 0 Å². The molecule has 2 atom stereocenters. The third kappa shape index (κ3) is 6.53. The quantitative estimate of drug-likeness (QED) is 0.673. The summed E-state index contributed by atoms with van der Waals surface area (Å²) in [7, 11) is 0.749. The van der Waals surface area contributed by atoms with Crippen molar-refractivity contribution in [1.29, 1.82) is 0 Å². The van der Waals surface area contributed by atoms with Gasteiger partial charge in [0.15, 0.2) is 0 Å². The van der Waals surface area contributed by atoms with Crippen molar-refractivity contribution in [1.82, 2.24) is 5.32 Å². The minimum absolute atomic E-state index is 0.560. The predicted molar refractivity (Wildman–Crippen MR) is 85.9 cm³/mol. The Balaban J connectivity index is 2.22. The zero-order valence-electron chi connectivity index (χ0n) is 12.9. The first-order valence-corrected chi connectivity index (χ1v) is 8.75. The minimum atomic E-state index is -0.890. The lowest BCUT2D eigenvalue weighted by molar-refractivity contribution is 0.414. The molecule has 1 rings (SSSR count). The summed E-state index contributed by atoms with van der Waals surface area (Å²) < 4.78 is 17.2. The molecule has 2 unspecified atom stereocenters. The number of hydrogen-bond donors (Lipinski definition) is 1. The Hall–Kier alpha value is -0.870. The van der Waals surface area contributed by atoms with Gasteiger partial charge in [-0.3, -0.25) is 4.21 Å². The molecule has 20 heavy (non-hydrogen) atoms. The normalized spacial score (nSPS) is 13.9. The van der Waals surface area contributed by atoms with Crippen LogP contribution in [0, 0.1) is 0 Å². The second kappa shape index (κ2) is 9.94. The van der Waals surface area contributed by atoms with E-state index in [1.54, 1.807) is 7.11 Å². The first-order chi connectivity index (χ1) is 9.67. The summed E-state index contributed by atoms with van der Waals surface area (Å²) in [5.41, 5.74) is 0.